The summed E-state index contributed by atoms with van der Waals surface area (Å²) in [6.45, 7) is 0. The molecule has 98 valence electrons. The van der Waals surface area contributed by atoms with Crippen LogP contribution in [0.4, 0.5) is 0 Å². The Morgan fingerprint density at radius 2 is 1.84 bits per heavy atom. The number of rotatable bonds is 1. The minimum atomic E-state index is -0.596. The number of halogens is 1. The lowest BCUT2D eigenvalue weighted by Gasteiger charge is -2.30. The summed E-state index contributed by atoms with van der Waals surface area (Å²) in [7, 11) is 0. The second-order valence-corrected chi connectivity index (χ2v) is 5.07. The number of aliphatic hydroxyl groups excluding tert-OH is 1. The Kier molecular flexibility index (Phi) is 3.09. The number of hydrogen-bond donors (Lipinski definition) is 2. The molecule has 2 N–H and O–H groups in total. The Labute approximate surface area is 116 Å². The fraction of sp³-hybridized carbons (Fsp3) is 0.200. The van der Waals surface area contributed by atoms with Gasteiger partial charge in [0.1, 0.15) is 17.6 Å². The number of hydrogen-bond acceptors (Lipinski definition) is 3. The van der Waals surface area contributed by atoms with Crippen LogP contribution in [0, 0.1) is 0 Å². The lowest BCUT2D eigenvalue weighted by atomic mass is 9.95. The van der Waals surface area contributed by atoms with Gasteiger partial charge < -0.3 is 14.9 Å². The van der Waals surface area contributed by atoms with Crippen LogP contribution in [0.3, 0.4) is 0 Å². The van der Waals surface area contributed by atoms with E-state index in [1.807, 2.05) is 0 Å². The van der Waals surface area contributed by atoms with E-state index >= 15 is 0 Å². The molecule has 2 unspecified atom stereocenters. The number of aliphatic hydroxyl groups is 1. The van der Waals surface area contributed by atoms with Gasteiger partial charge in [-0.15, -0.1) is 0 Å². The van der Waals surface area contributed by atoms with Crippen molar-refractivity contribution in [2.75, 3.05) is 0 Å². The average molecular weight is 277 g/mol. The first-order chi connectivity index (χ1) is 9.13. The van der Waals surface area contributed by atoms with E-state index in [9.17, 15) is 10.2 Å². The number of aromatic hydroxyl groups is 1. The number of fused-ring (bicyclic) bond motifs is 1. The molecule has 0 aliphatic carbocycles. The normalized spacial score (nSPS) is 21.6. The molecule has 0 saturated heterocycles. The molecule has 1 aliphatic rings. The first kappa shape index (κ1) is 12.3. The second kappa shape index (κ2) is 4.76. The monoisotopic (exact) mass is 276 g/mol. The molecule has 2 atom stereocenters. The predicted molar refractivity (Wildman–Crippen MR) is 72.5 cm³/mol. The van der Waals surface area contributed by atoms with Crippen molar-refractivity contribution in [3.63, 3.8) is 0 Å². The van der Waals surface area contributed by atoms with E-state index in [4.69, 9.17) is 16.3 Å². The maximum absolute atomic E-state index is 10.2. The number of phenolic OH excluding ortho intramolecular Hbond substituents is 1. The van der Waals surface area contributed by atoms with Gasteiger partial charge >= 0.3 is 0 Å². The summed E-state index contributed by atoms with van der Waals surface area (Å²) >= 11 is 5.92. The summed E-state index contributed by atoms with van der Waals surface area (Å²) < 4.78 is 5.88. The standard InChI is InChI=1S/C15H13ClO3/c16-10-3-6-14-12(7-10)13(18)8-15(19-14)9-1-4-11(17)5-2-9/h1-7,13,15,17-18H,8H2. The van der Waals surface area contributed by atoms with Gasteiger partial charge in [0, 0.05) is 17.0 Å². The van der Waals surface area contributed by atoms with Crippen molar-refractivity contribution in [2.45, 2.75) is 18.6 Å². The molecule has 2 aromatic carbocycles. The van der Waals surface area contributed by atoms with Gasteiger partial charge in [-0.1, -0.05) is 23.7 Å². The molecule has 1 heterocycles. The zero-order valence-electron chi connectivity index (χ0n) is 10.1. The summed E-state index contributed by atoms with van der Waals surface area (Å²) in [5, 5.41) is 20.1. The van der Waals surface area contributed by atoms with Crippen LogP contribution in [0.1, 0.15) is 29.8 Å². The van der Waals surface area contributed by atoms with E-state index in [1.165, 1.54) is 0 Å². The van der Waals surface area contributed by atoms with Crippen LogP contribution in [0.5, 0.6) is 11.5 Å². The van der Waals surface area contributed by atoms with E-state index in [0.717, 1.165) is 11.1 Å². The van der Waals surface area contributed by atoms with Crippen LogP contribution >= 0.6 is 11.6 Å². The van der Waals surface area contributed by atoms with Gasteiger partial charge in [-0.05, 0) is 35.9 Å². The molecule has 3 nitrogen and oxygen atoms in total. The molecule has 1 aliphatic heterocycles. The lowest BCUT2D eigenvalue weighted by Crippen LogP contribution is -2.18. The van der Waals surface area contributed by atoms with Gasteiger partial charge in [-0.2, -0.15) is 0 Å². The molecule has 2 aromatic rings. The van der Waals surface area contributed by atoms with Crippen molar-refractivity contribution in [3.8, 4) is 11.5 Å². The summed E-state index contributed by atoms with van der Waals surface area (Å²) in [5.41, 5.74) is 1.65. The van der Waals surface area contributed by atoms with E-state index in [-0.39, 0.29) is 11.9 Å². The van der Waals surface area contributed by atoms with E-state index in [0.29, 0.717) is 17.2 Å². The zero-order valence-corrected chi connectivity index (χ0v) is 10.8. The van der Waals surface area contributed by atoms with Gasteiger partial charge in [0.2, 0.25) is 0 Å². The maximum Gasteiger partial charge on any atom is 0.127 e. The summed E-state index contributed by atoms with van der Waals surface area (Å²) in [4.78, 5) is 0. The largest absolute Gasteiger partial charge is 0.508 e. The Hall–Kier alpha value is -1.71. The van der Waals surface area contributed by atoms with Gasteiger partial charge in [-0.3, -0.25) is 0 Å². The highest BCUT2D eigenvalue weighted by molar-refractivity contribution is 6.30. The van der Waals surface area contributed by atoms with E-state index < -0.39 is 6.10 Å². The smallest absolute Gasteiger partial charge is 0.127 e. The molecule has 0 saturated carbocycles. The predicted octanol–water partition coefficient (Wildman–Crippen LogP) is 3.60. The van der Waals surface area contributed by atoms with E-state index in [1.54, 1.807) is 42.5 Å². The summed E-state index contributed by atoms with van der Waals surface area (Å²) in [6.07, 6.45) is -0.344. The minimum absolute atomic E-state index is 0.215. The number of ether oxygens (including phenoxy) is 1. The lowest BCUT2D eigenvalue weighted by molar-refractivity contribution is 0.0657. The molecule has 0 spiro atoms. The first-order valence-electron chi connectivity index (χ1n) is 6.06. The van der Waals surface area contributed by atoms with Gasteiger partial charge in [-0.25, -0.2) is 0 Å². The zero-order chi connectivity index (χ0) is 13.4. The van der Waals surface area contributed by atoms with Crippen LogP contribution in [0.2, 0.25) is 5.02 Å². The fourth-order valence-electron chi connectivity index (χ4n) is 2.31. The summed E-state index contributed by atoms with van der Waals surface area (Å²) in [5.74, 6) is 0.869. The fourth-order valence-corrected chi connectivity index (χ4v) is 2.49. The third kappa shape index (κ3) is 2.39. The van der Waals surface area contributed by atoms with Crippen LogP contribution in [0.15, 0.2) is 42.5 Å². The highest BCUT2D eigenvalue weighted by Gasteiger charge is 2.28. The number of phenols is 1. The van der Waals surface area contributed by atoms with Crippen molar-refractivity contribution in [2.24, 2.45) is 0 Å². The molecule has 0 bridgehead atoms. The van der Waals surface area contributed by atoms with Crippen molar-refractivity contribution in [1.29, 1.82) is 0 Å². The van der Waals surface area contributed by atoms with Crippen LogP contribution in [-0.4, -0.2) is 10.2 Å². The Morgan fingerprint density at radius 1 is 1.11 bits per heavy atom. The number of benzene rings is 2. The second-order valence-electron chi connectivity index (χ2n) is 4.63. The van der Waals surface area contributed by atoms with E-state index in [2.05, 4.69) is 0 Å². The van der Waals surface area contributed by atoms with Crippen molar-refractivity contribution >= 4 is 11.6 Å². The molecular weight excluding hydrogens is 264 g/mol. The van der Waals surface area contributed by atoms with Crippen LogP contribution < -0.4 is 4.74 Å². The minimum Gasteiger partial charge on any atom is -0.508 e. The third-order valence-corrected chi connectivity index (χ3v) is 3.54. The summed E-state index contributed by atoms with van der Waals surface area (Å²) in [6, 6.07) is 12.1. The molecule has 3 rings (SSSR count). The quantitative estimate of drug-likeness (QED) is 0.837. The highest BCUT2D eigenvalue weighted by Crippen LogP contribution is 2.41. The van der Waals surface area contributed by atoms with Crippen molar-refractivity contribution in [1.82, 2.24) is 0 Å². The highest BCUT2D eigenvalue weighted by atomic mass is 35.5. The van der Waals surface area contributed by atoms with Crippen molar-refractivity contribution in [3.05, 3.63) is 58.6 Å². The molecule has 0 amide bonds. The van der Waals surface area contributed by atoms with Crippen LogP contribution in [0.25, 0.3) is 0 Å². The van der Waals surface area contributed by atoms with Crippen LogP contribution in [-0.2, 0) is 0 Å². The Bertz CT molecular complexity index is 595. The molecule has 19 heavy (non-hydrogen) atoms. The third-order valence-electron chi connectivity index (χ3n) is 3.30. The van der Waals surface area contributed by atoms with Gasteiger partial charge in [0.15, 0.2) is 0 Å². The Morgan fingerprint density at radius 3 is 2.58 bits per heavy atom. The van der Waals surface area contributed by atoms with Crippen molar-refractivity contribution < 1.29 is 14.9 Å². The Balaban J connectivity index is 1.92. The van der Waals surface area contributed by atoms with Gasteiger partial charge in [0.25, 0.3) is 0 Å². The van der Waals surface area contributed by atoms with Gasteiger partial charge in [0.05, 0.1) is 6.10 Å². The maximum atomic E-state index is 10.2. The molecule has 4 heteroatoms. The average Bonchev–Trinajstić information content (AvgIpc) is 2.40. The molecule has 0 fully saturated rings. The SMILES string of the molecule is Oc1ccc(C2CC(O)c3cc(Cl)ccc3O2)cc1. The molecule has 0 aromatic heterocycles. The topological polar surface area (TPSA) is 49.7 Å². The first-order valence-corrected chi connectivity index (χ1v) is 6.44. The molecular formula is C15H13ClO3. The molecule has 0 radical (unpaired) electrons.